The SMILES string of the molecule is FC(F)(F)c1cccc(COc2ccc(CCl)cc2Br)c1. The van der Waals surface area contributed by atoms with Crippen molar-refractivity contribution >= 4 is 27.5 Å². The molecule has 0 spiro atoms. The minimum Gasteiger partial charge on any atom is -0.488 e. The predicted molar refractivity (Wildman–Crippen MR) is 79.5 cm³/mol. The molecule has 0 bridgehead atoms. The van der Waals surface area contributed by atoms with E-state index < -0.39 is 11.7 Å². The van der Waals surface area contributed by atoms with E-state index >= 15 is 0 Å². The van der Waals surface area contributed by atoms with E-state index in [9.17, 15) is 13.2 Å². The van der Waals surface area contributed by atoms with Gasteiger partial charge in [-0.1, -0.05) is 18.2 Å². The van der Waals surface area contributed by atoms with Crippen molar-refractivity contribution in [2.75, 3.05) is 0 Å². The summed E-state index contributed by atoms with van der Waals surface area (Å²) >= 11 is 9.06. The number of halogens is 5. The molecule has 0 atom stereocenters. The second-order valence-electron chi connectivity index (χ2n) is 4.39. The molecule has 112 valence electrons. The normalized spacial score (nSPS) is 11.5. The summed E-state index contributed by atoms with van der Waals surface area (Å²) in [6.45, 7) is 0.0583. The van der Waals surface area contributed by atoms with Crippen LogP contribution < -0.4 is 4.74 Å². The van der Waals surface area contributed by atoms with Crippen LogP contribution in [0.25, 0.3) is 0 Å². The van der Waals surface area contributed by atoms with Crippen molar-refractivity contribution in [1.82, 2.24) is 0 Å². The Morgan fingerprint density at radius 1 is 1.05 bits per heavy atom. The Kier molecular flexibility index (Phi) is 5.17. The van der Waals surface area contributed by atoms with Gasteiger partial charge in [-0.3, -0.25) is 0 Å². The fourth-order valence-corrected chi connectivity index (χ4v) is 2.45. The highest BCUT2D eigenvalue weighted by atomic mass is 79.9. The fraction of sp³-hybridized carbons (Fsp3) is 0.200. The zero-order chi connectivity index (χ0) is 15.5. The summed E-state index contributed by atoms with van der Waals surface area (Å²) < 4.78 is 44.1. The lowest BCUT2D eigenvalue weighted by molar-refractivity contribution is -0.137. The summed E-state index contributed by atoms with van der Waals surface area (Å²) in [7, 11) is 0. The Bertz CT molecular complexity index is 629. The predicted octanol–water partition coefficient (Wildman–Crippen LogP) is 5.79. The first-order valence-electron chi connectivity index (χ1n) is 6.03. The van der Waals surface area contributed by atoms with Crippen molar-refractivity contribution in [2.24, 2.45) is 0 Å². The molecule has 0 unspecified atom stereocenters. The topological polar surface area (TPSA) is 9.23 Å². The molecule has 0 N–H and O–H groups in total. The van der Waals surface area contributed by atoms with Gasteiger partial charge in [-0.05, 0) is 51.3 Å². The molecular weight excluding hydrogens is 369 g/mol. The highest BCUT2D eigenvalue weighted by molar-refractivity contribution is 9.10. The van der Waals surface area contributed by atoms with Crippen LogP contribution in [0, 0.1) is 0 Å². The van der Waals surface area contributed by atoms with Crippen LogP contribution in [-0.2, 0) is 18.7 Å². The molecule has 2 aromatic carbocycles. The Labute approximate surface area is 133 Å². The van der Waals surface area contributed by atoms with Crippen molar-refractivity contribution in [3.63, 3.8) is 0 Å². The maximum Gasteiger partial charge on any atom is 0.416 e. The minimum absolute atomic E-state index is 0.0583. The van der Waals surface area contributed by atoms with E-state index in [1.54, 1.807) is 18.2 Å². The molecule has 21 heavy (non-hydrogen) atoms. The van der Waals surface area contributed by atoms with E-state index in [-0.39, 0.29) is 6.61 Å². The van der Waals surface area contributed by atoms with Gasteiger partial charge in [0.2, 0.25) is 0 Å². The average Bonchev–Trinajstić information content (AvgIpc) is 2.45. The summed E-state index contributed by atoms with van der Waals surface area (Å²) in [5.74, 6) is 0.938. The molecule has 0 aliphatic carbocycles. The van der Waals surface area contributed by atoms with Gasteiger partial charge in [0.15, 0.2) is 0 Å². The number of hydrogen-bond acceptors (Lipinski definition) is 1. The Morgan fingerprint density at radius 3 is 2.43 bits per heavy atom. The largest absolute Gasteiger partial charge is 0.488 e. The fourth-order valence-electron chi connectivity index (χ4n) is 1.74. The Morgan fingerprint density at radius 2 is 1.81 bits per heavy atom. The number of ether oxygens (including phenoxy) is 1. The zero-order valence-corrected chi connectivity index (χ0v) is 13.1. The average molecular weight is 380 g/mol. The Hall–Kier alpha value is -1.20. The van der Waals surface area contributed by atoms with E-state index in [0.29, 0.717) is 21.7 Å². The number of hydrogen-bond donors (Lipinski definition) is 0. The zero-order valence-electron chi connectivity index (χ0n) is 10.8. The molecule has 2 rings (SSSR count). The molecule has 0 aliphatic rings. The molecule has 0 aliphatic heterocycles. The van der Waals surface area contributed by atoms with Gasteiger partial charge in [0.05, 0.1) is 10.0 Å². The molecule has 0 fully saturated rings. The van der Waals surface area contributed by atoms with Crippen molar-refractivity contribution in [3.05, 3.63) is 63.6 Å². The maximum atomic E-state index is 12.6. The molecule has 0 saturated carbocycles. The van der Waals surface area contributed by atoms with Crippen LogP contribution in [0.1, 0.15) is 16.7 Å². The molecule has 0 aromatic heterocycles. The van der Waals surface area contributed by atoms with Crippen LogP contribution in [0.5, 0.6) is 5.75 Å². The van der Waals surface area contributed by atoms with Crippen LogP contribution in [-0.4, -0.2) is 0 Å². The number of alkyl halides is 4. The molecule has 6 heteroatoms. The molecule has 0 amide bonds. The van der Waals surface area contributed by atoms with E-state index in [4.69, 9.17) is 16.3 Å². The Balaban J connectivity index is 2.10. The second-order valence-corrected chi connectivity index (χ2v) is 5.51. The monoisotopic (exact) mass is 378 g/mol. The van der Waals surface area contributed by atoms with E-state index in [1.807, 2.05) is 6.07 Å². The minimum atomic E-state index is -4.35. The highest BCUT2D eigenvalue weighted by Gasteiger charge is 2.30. The van der Waals surface area contributed by atoms with Crippen molar-refractivity contribution in [1.29, 1.82) is 0 Å². The van der Waals surface area contributed by atoms with Crippen molar-refractivity contribution in [3.8, 4) is 5.75 Å². The quantitative estimate of drug-likeness (QED) is 0.611. The molecule has 0 radical (unpaired) electrons. The van der Waals surface area contributed by atoms with E-state index in [1.165, 1.54) is 6.07 Å². The molecule has 0 heterocycles. The van der Waals surface area contributed by atoms with Gasteiger partial charge in [0.25, 0.3) is 0 Å². The third kappa shape index (κ3) is 4.38. The summed E-state index contributed by atoms with van der Waals surface area (Å²) in [5.41, 5.74) is 0.702. The van der Waals surface area contributed by atoms with Gasteiger partial charge in [-0.25, -0.2) is 0 Å². The first-order valence-corrected chi connectivity index (χ1v) is 7.36. The molecule has 0 saturated heterocycles. The first kappa shape index (κ1) is 16.2. The summed E-state index contributed by atoms with van der Waals surface area (Å²) in [6.07, 6.45) is -4.35. The van der Waals surface area contributed by atoms with Gasteiger partial charge in [0.1, 0.15) is 12.4 Å². The lowest BCUT2D eigenvalue weighted by Crippen LogP contribution is -2.06. The van der Waals surface area contributed by atoms with E-state index in [0.717, 1.165) is 17.7 Å². The first-order chi connectivity index (χ1) is 9.90. The third-order valence-corrected chi connectivity index (χ3v) is 3.73. The van der Waals surface area contributed by atoms with Crippen LogP contribution in [0.4, 0.5) is 13.2 Å². The molecule has 2 aromatic rings. The van der Waals surface area contributed by atoms with Crippen LogP contribution in [0.15, 0.2) is 46.9 Å². The summed E-state index contributed by atoms with van der Waals surface area (Å²) in [4.78, 5) is 0. The smallest absolute Gasteiger partial charge is 0.416 e. The third-order valence-electron chi connectivity index (χ3n) is 2.80. The maximum absolute atomic E-state index is 12.6. The standard InChI is InChI=1S/C15H11BrClF3O/c16-13-7-10(8-17)4-5-14(13)21-9-11-2-1-3-12(6-11)15(18,19)20/h1-7H,8-9H2. The van der Waals surface area contributed by atoms with Crippen molar-refractivity contribution in [2.45, 2.75) is 18.7 Å². The van der Waals surface area contributed by atoms with Crippen LogP contribution >= 0.6 is 27.5 Å². The molecule has 1 nitrogen and oxygen atoms in total. The molecular formula is C15H11BrClF3O. The lowest BCUT2D eigenvalue weighted by Gasteiger charge is -2.11. The lowest BCUT2D eigenvalue weighted by atomic mass is 10.1. The second kappa shape index (κ2) is 6.71. The van der Waals surface area contributed by atoms with Gasteiger partial charge in [0, 0.05) is 5.88 Å². The number of rotatable bonds is 4. The highest BCUT2D eigenvalue weighted by Crippen LogP contribution is 2.30. The van der Waals surface area contributed by atoms with Gasteiger partial charge in [-0.2, -0.15) is 13.2 Å². The van der Waals surface area contributed by atoms with Crippen LogP contribution in [0.2, 0.25) is 0 Å². The number of benzene rings is 2. The van der Waals surface area contributed by atoms with Gasteiger partial charge < -0.3 is 4.74 Å². The summed E-state index contributed by atoms with van der Waals surface area (Å²) in [6, 6.07) is 10.4. The van der Waals surface area contributed by atoms with Crippen molar-refractivity contribution < 1.29 is 17.9 Å². The van der Waals surface area contributed by atoms with E-state index in [2.05, 4.69) is 15.9 Å². The van der Waals surface area contributed by atoms with Gasteiger partial charge >= 0.3 is 6.18 Å². The van der Waals surface area contributed by atoms with Gasteiger partial charge in [-0.15, -0.1) is 11.6 Å². The van der Waals surface area contributed by atoms with Crippen LogP contribution in [0.3, 0.4) is 0 Å². The summed E-state index contributed by atoms with van der Waals surface area (Å²) in [5, 5.41) is 0.